The number of carbonyl (C=O) groups is 1. The molecule has 2 N–H and O–H groups in total. The third kappa shape index (κ3) is 4.85. The van der Waals surface area contributed by atoms with Gasteiger partial charge in [0.15, 0.2) is 11.6 Å². The van der Waals surface area contributed by atoms with Crippen molar-refractivity contribution in [1.29, 1.82) is 5.26 Å². The van der Waals surface area contributed by atoms with Crippen molar-refractivity contribution in [2.75, 3.05) is 5.32 Å². The van der Waals surface area contributed by atoms with Crippen molar-refractivity contribution in [2.45, 2.75) is 19.1 Å². The second-order valence-electron chi connectivity index (χ2n) is 6.06. The Bertz CT molecular complexity index is 1110. The summed E-state index contributed by atoms with van der Waals surface area (Å²) >= 11 is 1.72. The molecule has 154 valence electrons. The maximum absolute atomic E-state index is 12.8. The number of nitrogens with zero attached hydrogens (tertiary/aromatic N) is 5. The van der Waals surface area contributed by atoms with Crippen LogP contribution in [0, 0.1) is 14.9 Å². The zero-order valence-electron chi connectivity index (χ0n) is 15.3. The number of nitriles is 1. The van der Waals surface area contributed by atoms with E-state index < -0.39 is 23.8 Å². The molecule has 0 saturated carbocycles. The van der Waals surface area contributed by atoms with E-state index in [1.807, 2.05) is 6.07 Å². The van der Waals surface area contributed by atoms with Gasteiger partial charge in [0.2, 0.25) is 0 Å². The summed E-state index contributed by atoms with van der Waals surface area (Å²) in [6, 6.07) is 6.95. The van der Waals surface area contributed by atoms with Gasteiger partial charge >= 0.3 is 12.2 Å². The smallest absolute Gasteiger partial charge is 0.328 e. The van der Waals surface area contributed by atoms with Crippen LogP contribution in [0.3, 0.4) is 0 Å². The van der Waals surface area contributed by atoms with Crippen molar-refractivity contribution in [3.63, 3.8) is 0 Å². The standard InChI is InChI=1S/C18H13F3IN7O/c1-10(16-25-9-26-29(16)15-5-2-11(7-23)8-24-15)27-17(30)28-14-4-3-12(6-13(14)22)18(19,20)21/h2-6,8-10H,1H3,(H2,27,28,30). The third-order valence-corrected chi connectivity index (χ3v) is 4.84. The van der Waals surface area contributed by atoms with Crippen LogP contribution in [0.4, 0.5) is 23.7 Å². The minimum atomic E-state index is -4.46. The first-order valence-corrected chi connectivity index (χ1v) is 9.47. The monoisotopic (exact) mass is 527 g/mol. The summed E-state index contributed by atoms with van der Waals surface area (Å²) in [7, 11) is 0. The number of pyridine rings is 1. The predicted molar refractivity (Wildman–Crippen MR) is 109 cm³/mol. The van der Waals surface area contributed by atoms with Crippen LogP contribution < -0.4 is 10.6 Å². The Labute approximate surface area is 182 Å². The first kappa shape index (κ1) is 21.5. The molecule has 30 heavy (non-hydrogen) atoms. The molecular formula is C18H13F3IN7O. The van der Waals surface area contributed by atoms with Gasteiger partial charge in [-0.05, 0) is 59.8 Å². The molecule has 0 aliphatic carbocycles. The first-order chi connectivity index (χ1) is 14.2. The molecule has 1 aromatic carbocycles. The van der Waals surface area contributed by atoms with Crippen LogP contribution in [-0.2, 0) is 6.18 Å². The molecule has 0 bridgehead atoms. The van der Waals surface area contributed by atoms with Gasteiger partial charge in [-0.25, -0.2) is 14.8 Å². The maximum atomic E-state index is 12.8. The summed E-state index contributed by atoms with van der Waals surface area (Å²) in [4.78, 5) is 20.6. The Hall–Kier alpha value is -3.21. The molecule has 1 unspecified atom stereocenters. The van der Waals surface area contributed by atoms with Crippen LogP contribution in [-0.4, -0.2) is 25.8 Å². The van der Waals surface area contributed by atoms with Gasteiger partial charge < -0.3 is 10.6 Å². The molecule has 0 aliphatic heterocycles. The predicted octanol–water partition coefficient (Wildman–Crippen LogP) is 4.04. The van der Waals surface area contributed by atoms with Crippen molar-refractivity contribution in [2.24, 2.45) is 0 Å². The number of nitrogens with one attached hydrogen (secondary N) is 2. The highest BCUT2D eigenvalue weighted by Crippen LogP contribution is 2.32. The summed E-state index contributed by atoms with van der Waals surface area (Å²) in [5.41, 5.74) is -0.171. The molecule has 0 aliphatic rings. The average Bonchev–Trinajstić information content (AvgIpc) is 3.19. The van der Waals surface area contributed by atoms with Crippen molar-refractivity contribution < 1.29 is 18.0 Å². The highest BCUT2D eigenvalue weighted by molar-refractivity contribution is 14.1. The maximum Gasteiger partial charge on any atom is 0.416 e. The van der Waals surface area contributed by atoms with Gasteiger partial charge in [0.1, 0.15) is 12.4 Å². The van der Waals surface area contributed by atoms with E-state index in [2.05, 4.69) is 25.7 Å². The summed E-state index contributed by atoms with van der Waals surface area (Å²) < 4.78 is 40.0. The molecule has 2 aromatic heterocycles. The third-order valence-electron chi connectivity index (χ3n) is 3.95. The van der Waals surface area contributed by atoms with Crippen molar-refractivity contribution in [3.8, 4) is 11.9 Å². The number of rotatable bonds is 4. The van der Waals surface area contributed by atoms with E-state index >= 15 is 0 Å². The largest absolute Gasteiger partial charge is 0.416 e. The van der Waals surface area contributed by atoms with Gasteiger partial charge in [0.05, 0.1) is 22.9 Å². The topological polar surface area (TPSA) is 109 Å². The molecule has 0 fully saturated rings. The molecule has 0 saturated heterocycles. The van der Waals surface area contributed by atoms with Crippen LogP contribution in [0.1, 0.15) is 29.9 Å². The minimum Gasteiger partial charge on any atom is -0.328 e. The molecule has 2 heterocycles. The summed E-state index contributed by atoms with van der Waals surface area (Å²) in [5.74, 6) is 0.789. The summed E-state index contributed by atoms with van der Waals surface area (Å²) in [6.07, 6.45) is -1.78. The average molecular weight is 527 g/mol. The number of carbonyl (C=O) groups excluding carboxylic acids is 1. The van der Waals surface area contributed by atoms with E-state index in [0.717, 1.165) is 12.1 Å². The molecule has 0 spiro atoms. The zero-order valence-corrected chi connectivity index (χ0v) is 17.4. The highest BCUT2D eigenvalue weighted by Gasteiger charge is 2.31. The van der Waals surface area contributed by atoms with Crippen molar-refractivity contribution in [1.82, 2.24) is 25.1 Å². The number of hydrogen-bond donors (Lipinski definition) is 2. The molecular weight excluding hydrogens is 514 g/mol. The molecule has 8 nitrogen and oxygen atoms in total. The van der Waals surface area contributed by atoms with Crippen molar-refractivity contribution in [3.05, 3.63) is 63.4 Å². The number of amides is 2. The number of urea groups is 1. The second kappa shape index (κ2) is 8.66. The second-order valence-corrected chi connectivity index (χ2v) is 7.22. The van der Waals surface area contributed by atoms with Crippen LogP contribution >= 0.6 is 22.6 Å². The van der Waals surface area contributed by atoms with Crippen LogP contribution in [0.5, 0.6) is 0 Å². The Kier molecular flexibility index (Phi) is 6.20. The van der Waals surface area contributed by atoms with Crippen LogP contribution in [0.15, 0.2) is 42.9 Å². The lowest BCUT2D eigenvalue weighted by atomic mass is 10.2. The quantitative estimate of drug-likeness (QED) is 0.498. The van der Waals surface area contributed by atoms with E-state index in [-0.39, 0.29) is 9.26 Å². The molecule has 12 heteroatoms. The molecule has 3 aromatic rings. The Balaban J connectivity index is 1.71. The fourth-order valence-electron chi connectivity index (χ4n) is 2.51. The van der Waals surface area contributed by atoms with E-state index in [9.17, 15) is 18.0 Å². The number of benzene rings is 1. The Morgan fingerprint density at radius 1 is 1.27 bits per heavy atom. The fourth-order valence-corrected chi connectivity index (χ4v) is 3.16. The van der Waals surface area contributed by atoms with Gasteiger partial charge in [-0.2, -0.15) is 28.2 Å². The highest BCUT2D eigenvalue weighted by atomic mass is 127. The van der Waals surface area contributed by atoms with Gasteiger partial charge in [0.25, 0.3) is 0 Å². The molecule has 3 rings (SSSR count). The summed E-state index contributed by atoms with van der Waals surface area (Å²) in [5, 5.41) is 18.1. The molecule has 2 amide bonds. The number of aromatic nitrogens is 4. The number of halogens is 4. The molecule has 0 radical (unpaired) electrons. The van der Waals surface area contributed by atoms with Crippen LogP contribution in [0.2, 0.25) is 0 Å². The first-order valence-electron chi connectivity index (χ1n) is 8.39. The van der Waals surface area contributed by atoms with E-state index in [1.54, 1.807) is 41.6 Å². The van der Waals surface area contributed by atoms with Crippen LogP contribution in [0.25, 0.3) is 5.82 Å². The molecule has 1 atom stereocenters. The van der Waals surface area contributed by atoms with Gasteiger partial charge in [-0.15, -0.1) is 0 Å². The lowest BCUT2D eigenvalue weighted by molar-refractivity contribution is -0.137. The van der Waals surface area contributed by atoms with Gasteiger partial charge in [-0.3, -0.25) is 0 Å². The van der Waals surface area contributed by atoms with Gasteiger partial charge in [0, 0.05) is 9.77 Å². The number of alkyl halides is 3. The Morgan fingerprint density at radius 3 is 2.63 bits per heavy atom. The Morgan fingerprint density at radius 2 is 2.03 bits per heavy atom. The zero-order chi connectivity index (χ0) is 21.9. The van der Waals surface area contributed by atoms with Gasteiger partial charge in [-0.1, -0.05) is 0 Å². The minimum absolute atomic E-state index is 0.239. The lowest BCUT2D eigenvalue weighted by Gasteiger charge is -2.16. The number of anilines is 1. The summed E-state index contributed by atoms with van der Waals surface area (Å²) in [6.45, 7) is 1.67. The van der Waals surface area contributed by atoms with E-state index in [4.69, 9.17) is 5.26 Å². The van der Waals surface area contributed by atoms with E-state index in [1.165, 1.54) is 23.3 Å². The number of hydrogen-bond acceptors (Lipinski definition) is 5. The fraction of sp³-hybridized carbons (Fsp3) is 0.167. The lowest BCUT2D eigenvalue weighted by Crippen LogP contribution is -2.33. The van der Waals surface area contributed by atoms with E-state index in [0.29, 0.717) is 17.2 Å². The normalized spacial score (nSPS) is 12.1. The SMILES string of the molecule is CC(NC(=O)Nc1ccc(C(F)(F)F)cc1I)c1ncnn1-c1ccc(C#N)cn1. The van der Waals surface area contributed by atoms with Crippen molar-refractivity contribution >= 4 is 34.3 Å².